The third kappa shape index (κ3) is 3.05. The minimum atomic E-state index is -3.68. The van der Waals surface area contributed by atoms with Crippen molar-refractivity contribution in [2.24, 2.45) is 0 Å². The number of benzene rings is 2. The summed E-state index contributed by atoms with van der Waals surface area (Å²) in [5, 5.41) is 0. The van der Waals surface area contributed by atoms with Crippen molar-refractivity contribution in [3.63, 3.8) is 0 Å². The highest BCUT2D eigenvalue weighted by Gasteiger charge is 2.19. The molecule has 1 aliphatic rings. The molecule has 1 N–H and O–H groups in total. The topological polar surface area (TPSA) is 64.6 Å². The summed E-state index contributed by atoms with van der Waals surface area (Å²) in [7, 11) is -3.68. The van der Waals surface area contributed by atoms with Gasteiger partial charge in [-0.2, -0.15) is 0 Å². The number of nitrogens with one attached hydrogen (secondary N) is 1. The van der Waals surface area contributed by atoms with Crippen LogP contribution in [-0.4, -0.2) is 21.6 Å². The lowest BCUT2D eigenvalue weighted by Crippen LogP contribution is -2.17. The molecular weight excluding hydrogens is 370 g/mol. The van der Waals surface area contributed by atoms with E-state index in [4.69, 9.17) is 9.47 Å². The van der Waals surface area contributed by atoms with Gasteiger partial charge in [-0.3, -0.25) is 4.72 Å². The molecule has 1 heterocycles. The Hall–Kier alpha value is -1.73. The first-order chi connectivity index (χ1) is 10.5. The summed E-state index contributed by atoms with van der Waals surface area (Å²) >= 11 is 3.39. The molecule has 0 aromatic heterocycles. The van der Waals surface area contributed by atoms with Crippen LogP contribution < -0.4 is 14.2 Å². The Morgan fingerprint density at radius 3 is 2.50 bits per heavy atom. The minimum Gasteiger partial charge on any atom is -0.486 e. The smallest absolute Gasteiger partial charge is 0.262 e. The molecule has 2 aromatic carbocycles. The number of fused-ring (bicyclic) bond motifs is 1. The van der Waals surface area contributed by atoms with Crippen molar-refractivity contribution in [3.8, 4) is 11.5 Å². The van der Waals surface area contributed by atoms with E-state index in [0.717, 1.165) is 10.0 Å². The molecule has 1 aliphatic heterocycles. The van der Waals surface area contributed by atoms with Crippen molar-refractivity contribution in [2.75, 3.05) is 17.9 Å². The second kappa shape index (κ2) is 5.81. The number of hydrogen-bond acceptors (Lipinski definition) is 4. The molecule has 5 nitrogen and oxygen atoms in total. The number of anilines is 1. The number of ether oxygens (including phenoxy) is 2. The van der Waals surface area contributed by atoms with Gasteiger partial charge < -0.3 is 9.47 Å². The van der Waals surface area contributed by atoms with Gasteiger partial charge in [-0.25, -0.2) is 8.42 Å². The van der Waals surface area contributed by atoms with Crippen LogP contribution in [0.5, 0.6) is 11.5 Å². The molecule has 22 heavy (non-hydrogen) atoms. The molecule has 0 fully saturated rings. The normalized spacial score (nSPS) is 13.7. The van der Waals surface area contributed by atoms with Gasteiger partial charge in [0.15, 0.2) is 11.5 Å². The molecule has 0 saturated heterocycles. The summed E-state index contributed by atoms with van der Waals surface area (Å²) in [5.41, 5.74) is 1.52. The maximum Gasteiger partial charge on any atom is 0.262 e. The average molecular weight is 384 g/mol. The number of rotatable bonds is 3. The zero-order valence-corrected chi connectivity index (χ0v) is 14.2. The molecule has 116 valence electrons. The molecule has 0 atom stereocenters. The van der Waals surface area contributed by atoms with E-state index in [1.54, 1.807) is 18.2 Å². The summed E-state index contributed by atoms with van der Waals surface area (Å²) in [6, 6.07) is 9.86. The van der Waals surface area contributed by atoms with E-state index >= 15 is 0 Å². The van der Waals surface area contributed by atoms with Crippen LogP contribution in [0.1, 0.15) is 5.56 Å². The molecule has 0 radical (unpaired) electrons. The summed E-state index contributed by atoms with van der Waals surface area (Å²) in [6.45, 7) is 2.81. The van der Waals surface area contributed by atoms with Crippen LogP contribution in [0.4, 0.5) is 5.69 Å². The fourth-order valence-electron chi connectivity index (χ4n) is 2.06. The van der Waals surface area contributed by atoms with E-state index in [0.29, 0.717) is 30.4 Å². The lowest BCUT2D eigenvalue weighted by atomic mass is 10.2. The Bertz CT molecular complexity index is 820. The van der Waals surface area contributed by atoms with Crippen LogP contribution in [-0.2, 0) is 10.0 Å². The summed E-state index contributed by atoms with van der Waals surface area (Å²) in [6.07, 6.45) is 0. The average Bonchev–Trinajstić information content (AvgIpc) is 2.50. The van der Waals surface area contributed by atoms with Gasteiger partial charge in [-0.15, -0.1) is 0 Å². The number of sulfonamides is 1. The number of aryl methyl sites for hydroxylation is 1. The highest BCUT2D eigenvalue weighted by atomic mass is 79.9. The summed E-state index contributed by atoms with van der Waals surface area (Å²) < 4.78 is 39.1. The lowest BCUT2D eigenvalue weighted by Gasteiger charge is -2.19. The third-order valence-electron chi connectivity index (χ3n) is 3.25. The van der Waals surface area contributed by atoms with Crippen LogP contribution >= 0.6 is 15.9 Å². The van der Waals surface area contributed by atoms with E-state index in [9.17, 15) is 8.42 Å². The molecular formula is C15H14BrNO4S. The van der Waals surface area contributed by atoms with E-state index in [-0.39, 0.29) is 4.90 Å². The van der Waals surface area contributed by atoms with Gasteiger partial charge in [-0.1, -0.05) is 22.0 Å². The van der Waals surface area contributed by atoms with E-state index < -0.39 is 10.0 Å². The van der Waals surface area contributed by atoms with Crippen molar-refractivity contribution in [3.05, 3.63) is 46.4 Å². The predicted molar refractivity (Wildman–Crippen MR) is 87.1 cm³/mol. The molecule has 0 saturated carbocycles. The largest absolute Gasteiger partial charge is 0.486 e. The minimum absolute atomic E-state index is 0.133. The zero-order chi connectivity index (χ0) is 15.7. The molecule has 7 heteroatoms. The van der Waals surface area contributed by atoms with Gasteiger partial charge in [0.25, 0.3) is 10.0 Å². The molecule has 0 amide bonds. The van der Waals surface area contributed by atoms with E-state index in [1.807, 2.05) is 13.0 Å². The standard InChI is InChI=1S/C15H14BrNO4S/c1-10-2-3-11(8-13(10)16)17-22(18,19)12-4-5-14-15(9-12)21-7-6-20-14/h2-5,8-9,17H,6-7H2,1H3. The first-order valence-electron chi connectivity index (χ1n) is 6.64. The van der Waals surface area contributed by atoms with Crippen molar-refractivity contribution in [2.45, 2.75) is 11.8 Å². The van der Waals surface area contributed by atoms with Crippen molar-refractivity contribution in [1.29, 1.82) is 0 Å². The number of hydrogen-bond donors (Lipinski definition) is 1. The molecule has 0 spiro atoms. The fraction of sp³-hybridized carbons (Fsp3) is 0.200. The quantitative estimate of drug-likeness (QED) is 0.882. The maximum atomic E-state index is 12.5. The second-order valence-corrected chi connectivity index (χ2v) is 7.41. The third-order valence-corrected chi connectivity index (χ3v) is 5.48. The van der Waals surface area contributed by atoms with Gasteiger partial charge in [0.1, 0.15) is 13.2 Å². The number of halogens is 1. The van der Waals surface area contributed by atoms with Crippen LogP contribution in [0.3, 0.4) is 0 Å². The SMILES string of the molecule is Cc1ccc(NS(=O)(=O)c2ccc3c(c2)OCCO3)cc1Br. The Morgan fingerprint density at radius 1 is 1.05 bits per heavy atom. The fourth-order valence-corrected chi connectivity index (χ4v) is 3.50. The summed E-state index contributed by atoms with van der Waals surface area (Å²) in [5.74, 6) is 1.00. The molecule has 0 bridgehead atoms. The second-order valence-electron chi connectivity index (χ2n) is 4.87. The Morgan fingerprint density at radius 2 is 1.77 bits per heavy atom. The Kier molecular flexibility index (Phi) is 4.01. The molecule has 2 aromatic rings. The molecule has 0 unspecified atom stereocenters. The monoisotopic (exact) mass is 383 g/mol. The van der Waals surface area contributed by atoms with Gasteiger partial charge in [0.2, 0.25) is 0 Å². The molecule has 3 rings (SSSR count). The maximum absolute atomic E-state index is 12.5. The predicted octanol–water partition coefficient (Wildman–Crippen LogP) is 3.33. The van der Waals surface area contributed by atoms with E-state index in [1.165, 1.54) is 12.1 Å². The molecule has 0 aliphatic carbocycles. The summed E-state index contributed by atoms with van der Waals surface area (Å²) in [4.78, 5) is 0.133. The highest BCUT2D eigenvalue weighted by Crippen LogP contribution is 2.33. The van der Waals surface area contributed by atoms with Crippen LogP contribution in [0, 0.1) is 6.92 Å². The lowest BCUT2D eigenvalue weighted by molar-refractivity contribution is 0.171. The van der Waals surface area contributed by atoms with Gasteiger partial charge in [-0.05, 0) is 36.8 Å². The van der Waals surface area contributed by atoms with Crippen LogP contribution in [0.2, 0.25) is 0 Å². The zero-order valence-electron chi connectivity index (χ0n) is 11.8. The van der Waals surface area contributed by atoms with Gasteiger partial charge in [0, 0.05) is 16.2 Å². The van der Waals surface area contributed by atoms with Gasteiger partial charge >= 0.3 is 0 Å². The van der Waals surface area contributed by atoms with Crippen molar-refractivity contribution >= 4 is 31.6 Å². The van der Waals surface area contributed by atoms with Crippen molar-refractivity contribution in [1.82, 2.24) is 0 Å². The van der Waals surface area contributed by atoms with Crippen LogP contribution in [0.15, 0.2) is 45.8 Å². The highest BCUT2D eigenvalue weighted by molar-refractivity contribution is 9.10. The van der Waals surface area contributed by atoms with Crippen LogP contribution in [0.25, 0.3) is 0 Å². The first-order valence-corrected chi connectivity index (χ1v) is 8.92. The van der Waals surface area contributed by atoms with E-state index in [2.05, 4.69) is 20.7 Å². The van der Waals surface area contributed by atoms with Gasteiger partial charge in [0.05, 0.1) is 4.90 Å². The Balaban J connectivity index is 1.90. The van der Waals surface area contributed by atoms with Crippen molar-refractivity contribution < 1.29 is 17.9 Å². The Labute approximate surface area is 137 Å². The first kappa shape index (κ1) is 15.2.